The fraction of sp³-hybridized carbons (Fsp3) is 0.462. The topological polar surface area (TPSA) is 75.5 Å². The highest BCUT2D eigenvalue weighted by Crippen LogP contribution is 2.25. The summed E-state index contributed by atoms with van der Waals surface area (Å²) in [4.78, 5) is 24.0. The van der Waals surface area contributed by atoms with Gasteiger partial charge in [-0.1, -0.05) is 0 Å². The van der Waals surface area contributed by atoms with E-state index in [1.54, 1.807) is 19.2 Å². The van der Waals surface area contributed by atoms with Crippen molar-refractivity contribution >= 4 is 17.3 Å². The van der Waals surface area contributed by atoms with Gasteiger partial charge in [0.15, 0.2) is 0 Å². The standard InChI is InChI=1S/C13H17N3O3/c1-14-13(17)10-3-2-8-15(9-10)11-4-6-12(7-5-11)16(18)19/h4-7,10H,2-3,8-9H2,1H3,(H,14,17). The van der Waals surface area contributed by atoms with Crippen LogP contribution in [0.15, 0.2) is 24.3 Å². The molecule has 1 aromatic carbocycles. The number of benzene rings is 1. The number of hydrogen-bond acceptors (Lipinski definition) is 4. The van der Waals surface area contributed by atoms with Crippen molar-refractivity contribution < 1.29 is 9.72 Å². The number of nitrogens with one attached hydrogen (secondary N) is 1. The fourth-order valence-corrected chi connectivity index (χ4v) is 2.41. The zero-order valence-electron chi connectivity index (χ0n) is 10.8. The number of carbonyl (C=O) groups excluding carboxylic acids is 1. The molecule has 6 nitrogen and oxygen atoms in total. The van der Waals surface area contributed by atoms with E-state index in [1.165, 1.54) is 12.1 Å². The largest absolute Gasteiger partial charge is 0.371 e. The third-order valence-electron chi connectivity index (χ3n) is 3.46. The number of amides is 1. The first kappa shape index (κ1) is 13.3. The molecule has 1 heterocycles. The Morgan fingerprint density at radius 1 is 1.42 bits per heavy atom. The molecule has 0 aromatic heterocycles. The van der Waals surface area contributed by atoms with Crippen LogP contribution in [-0.2, 0) is 4.79 Å². The van der Waals surface area contributed by atoms with Crippen LogP contribution in [0.3, 0.4) is 0 Å². The minimum Gasteiger partial charge on any atom is -0.371 e. The lowest BCUT2D eigenvalue weighted by Crippen LogP contribution is -2.42. The quantitative estimate of drug-likeness (QED) is 0.663. The lowest BCUT2D eigenvalue weighted by atomic mass is 9.96. The summed E-state index contributed by atoms with van der Waals surface area (Å²) in [6.45, 7) is 1.54. The molecule has 19 heavy (non-hydrogen) atoms. The van der Waals surface area contributed by atoms with Gasteiger partial charge in [-0.05, 0) is 25.0 Å². The average Bonchev–Trinajstić information content (AvgIpc) is 2.46. The van der Waals surface area contributed by atoms with Crippen LogP contribution in [0.4, 0.5) is 11.4 Å². The lowest BCUT2D eigenvalue weighted by Gasteiger charge is -2.33. The monoisotopic (exact) mass is 263 g/mol. The van der Waals surface area contributed by atoms with E-state index in [-0.39, 0.29) is 17.5 Å². The molecule has 1 aromatic rings. The number of non-ortho nitro benzene ring substituents is 1. The van der Waals surface area contributed by atoms with Gasteiger partial charge in [-0.2, -0.15) is 0 Å². The molecule has 0 bridgehead atoms. The van der Waals surface area contributed by atoms with E-state index in [1.807, 2.05) is 0 Å². The maximum Gasteiger partial charge on any atom is 0.269 e. The molecule has 6 heteroatoms. The number of nitro benzene ring substituents is 1. The van der Waals surface area contributed by atoms with Crippen LogP contribution >= 0.6 is 0 Å². The van der Waals surface area contributed by atoms with Gasteiger partial charge in [0.1, 0.15) is 0 Å². The highest BCUT2D eigenvalue weighted by Gasteiger charge is 2.25. The van der Waals surface area contributed by atoms with Crippen molar-refractivity contribution in [1.82, 2.24) is 5.32 Å². The van der Waals surface area contributed by atoms with Crippen LogP contribution in [0, 0.1) is 16.0 Å². The molecule has 1 atom stereocenters. The van der Waals surface area contributed by atoms with Gasteiger partial charge < -0.3 is 10.2 Å². The summed E-state index contributed by atoms with van der Waals surface area (Å²) < 4.78 is 0. The van der Waals surface area contributed by atoms with E-state index in [2.05, 4.69) is 10.2 Å². The SMILES string of the molecule is CNC(=O)C1CCCN(c2ccc([N+](=O)[O-])cc2)C1. The van der Waals surface area contributed by atoms with Gasteiger partial charge in [-0.3, -0.25) is 14.9 Å². The first-order chi connectivity index (χ1) is 9.11. The Hall–Kier alpha value is -2.11. The normalized spacial score (nSPS) is 19.0. The Balaban J connectivity index is 2.08. The molecule has 1 unspecified atom stereocenters. The minimum atomic E-state index is -0.409. The Labute approximate surface area is 111 Å². The molecule has 0 aliphatic carbocycles. The van der Waals surface area contributed by atoms with E-state index in [0.29, 0.717) is 6.54 Å². The van der Waals surface area contributed by atoms with Crippen molar-refractivity contribution in [3.63, 3.8) is 0 Å². The average molecular weight is 263 g/mol. The van der Waals surface area contributed by atoms with Crippen molar-refractivity contribution in [2.24, 2.45) is 5.92 Å². The van der Waals surface area contributed by atoms with E-state index in [4.69, 9.17) is 0 Å². The number of carbonyl (C=O) groups is 1. The maximum absolute atomic E-state index is 11.7. The van der Waals surface area contributed by atoms with Gasteiger partial charge in [-0.15, -0.1) is 0 Å². The van der Waals surface area contributed by atoms with Gasteiger partial charge in [-0.25, -0.2) is 0 Å². The molecule has 102 valence electrons. The van der Waals surface area contributed by atoms with Gasteiger partial charge in [0, 0.05) is 38.0 Å². The molecule has 0 spiro atoms. The van der Waals surface area contributed by atoms with E-state index >= 15 is 0 Å². The number of piperidine rings is 1. The molecule has 1 saturated heterocycles. The van der Waals surface area contributed by atoms with E-state index < -0.39 is 4.92 Å². The van der Waals surface area contributed by atoms with Crippen LogP contribution in [0.2, 0.25) is 0 Å². The van der Waals surface area contributed by atoms with E-state index in [0.717, 1.165) is 25.1 Å². The second kappa shape index (κ2) is 5.69. The summed E-state index contributed by atoms with van der Waals surface area (Å²) in [5, 5.41) is 13.3. The Morgan fingerprint density at radius 3 is 2.68 bits per heavy atom. The molecule has 1 amide bonds. The van der Waals surface area contributed by atoms with Gasteiger partial charge in [0.25, 0.3) is 5.69 Å². The lowest BCUT2D eigenvalue weighted by molar-refractivity contribution is -0.384. The number of anilines is 1. The molecular formula is C13H17N3O3. The van der Waals surface area contributed by atoms with Crippen molar-refractivity contribution in [1.29, 1.82) is 0 Å². The summed E-state index contributed by atoms with van der Waals surface area (Å²) in [6.07, 6.45) is 1.85. The van der Waals surface area contributed by atoms with Gasteiger partial charge in [0.05, 0.1) is 10.8 Å². The Morgan fingerprint density at radius 2 is 2.11 bits per heavy atom. The molecule has 0 saturated carbocycles. The Bertz CT molecular complexity index is 473. The minimum absolute atomic E-state index is 0.00561. The molecule has 1 N–H and O–H groups in total. The zero-order chi connectivity index (χ0) is 13.8. The molecule has 1 fully saturated rings. The smallest absolute Gasteiger partial charge is 0.269 e. The van der Waals surface area contributed by atoms with Crippen LogP contribution in [0.1, 0.15) is 12.8 Å². The van der Waals surface area contributed by atoms with Crippen LogP contribution in [0.5, 0.6) is 0 Å². The third-order valence-corrected chi connectivity index (χ3v) is 3.46. The molecular weight excluding hydrogens is 246 g/mol. The van der Waals surface area contributed by atoms with Crippen molar-refractivity contribution in [2.45, 2.75) is 12.8 Å². The zero-order valence-corrected chi connectivity index (χ0v) is 10.8. The first-order valence-corrected chi connectivity index (χ1v) is 6.33. The Kier molecular flexibility index (Phi) is 3.99. The van der Waals surface area contributed by atoms with Crippen LogP contribution in [0.25, 0.3) is 0 Å². The third kappa shape index (κ3) is 3.01. The summed E-state index contributed by atoms with van der Waals surface area (Å²) in [6, 6.07) is 6.48. The van der Waals surface area contributed by atoms with Crippen LogP contribution in [-0.4, -0.2) is 31.0 Å². The summed E-state index contributed by atoms with van der Waals surface area (Å²) in [5.41, 5.74) is 1.02. The second-order valence-electron chi connectivity index (χ2n) is 4.67. The molecule has 0 radical (unpaired) electrons. The van der Waals surface area contributed by atoms with Crippen molar-refractivity contribution in [2.75, 3.05) is 25.0 Å². The number of hydrogen-bond donors (Lipinski definition) is 1. The number of nitro groups is 1. The molecule has 2 rings (SSSR count). The predicted molar refractivity (Wildman–Crippen MR) is 72.1 cm³/mol. The second-order valence-corrected chi connectivity index (χ2v) is 4.67. The highest BCUT2D eigenvalue weighted by molar-refractivity contribution is 5.79. The van der Waals surface area contributed by atoms with Crippen molar-refractivity contribution in [3.05, 3.63) is 34.4 Å². The number of nitrogens with zero attached hydrogens (tertiary/aromatic N) is 2. The summed E-state index contributed by atoms with van der Waals surface area (Å²) in [7, 11) is 1.65. The first-order valence-electron chi connectivity index (χ1n) is 6.33. The maximum atomic E-state index is 11.7. The van der Waals surface area contributed by atoms with E-state index in [9.17, 15) is 14.9 Å². The van der Waals surface area contributed by atoms with Gasteiger partial charge in [0.2, 0.25) is 5.91 Å². The van der Waals surface area contributed by atoms with Crippen molar-refractivity contribution in [3.8, 4) is 0 Å². The molecule has 1 aliphatic rings. The summed E-state index contributed by atoms with van der Waals surface area (Å²) >= 11 is 0. The molecule has 1 aliphatic heterocycles. The fourth-order valence-electron chi connectivity index (χ4n) is 2.41. The van der Waals surface area contributed by atoms with Crippen LogP contribution < -0.4 is 10.2 Å². The predicted octanol–water partition coefficient (Wildman–Crippen LogP) is 1.56. The van der Waals surface area contributed by atoms with Gasteiger partial charge >= 0.3 is 0 Å². The number of rotatable bonds is 3. The summed E-state index contributed by atoms with van der Waals surface area (Å²) in [5.74, 6) is 0.0561. The highest BCUT2D eigenvalue weighted by atomic mass is 16.6.